The number of ketones is 2. The molecule has 0 atom stereocenters. The van der Waals surface area contributed by atoms with Crippen LogP contribution in [0.4, 0.5) is 0 Å². The molecule has 1 spiro atoms. The SMILES string of the molecule is CCCCOc1ccc(S(=O)(=O)N2CCC3(C2)C(=O)CC(C)(C)CC3=O)cc1. The lowest BCUT2D eigenvalue weighted by Crippen LogP contribution is -2.49. The molecular formula is C21H29NO5S. The first-order chi connectivity index (χ1) is 13.1. The maximum Gasteiger partial charge on any atom is 0.243 e. The number of unbranched alkanes of at least 4 members (excludes halogenated alkanes) is 1. The van der Waals surface area contributed by atoms with Gasteiger partial charge < -0.3 is 4.74 Å². The van der Waals surface area contributed by atoms with E-state index in [1.807, 2.05) is 13.8 Å². The molecule has 154 valence electrons. The summed E-state index contributed by atoms with van der Waals surface area (Å²) in [7, 11) is -3.76. The van der Waals surface area contributed by atoms with Crippen LogP contribution in [-0.4, -0.2) is 44.0 Å². The van der Waals surface area contributed by atoms with Gasteiger partial charge >= 0.3 is 0 Å². The third-order valence-corrected chi connectivity index (χ3v) is 7.67. The summed E-state index contributed by atoms with van der Waals surface area (Å²) in [5, 5.41) is 0. The highest BCUT2D eigenvalue weighted by Crippen LogP contribution is 2.46. The van der Waals surface area contributed by atoms with Gasteiger partial charge in [0.15, 0.2) is 0 Å². The van der Waals surface area contributed by atoms with Crippen molar-refractivity contribution in [3.63, 3.8) is 0 Å². The fourth-order valence-electron chi connectivity index (χ4n) is 4.05. The predicted octanol–water partition coefficient (Wildman–Crippen LogP) is 3.20. The van der Waals surface area contributed by atoms with E-state index in [1.54, 1.807) is 12.1 Å². The van der Waals surface area contributed by atoms with Crippen LogP contribution in [0, 0.1) is 10.8 Å². The molecule has 1 aliphatic heterocycles. The Kier molecular flexibility index (Phi) is 5.69. The Balaban J connectivity index is 1.75. The van der Waals surface area contributed by atoms with Gasteiger partial charge in [0.05, 0.1) is 11.5 Å². The second kappa shape index (κ2) is 7.59. The molecule has 0 aromatic heterocycles. The fraction of sp³-hybridized carbons (Fsp3) is 0.619. The molecule has 28 heavy (non-hydrogen) atoms. The van der Waals surface area contributed by atoms with Crippen molar-refractivity contribution < 1.29 is 22.7 Å². The van der Waals surface area contributed by atoms with E-state index < -0.39 is 15.4 Å². The summed E-state index contributed by atoms with van der Waals surface area (Å²) in [4.78, 5) is 25.7. The van der Waals surface area contributed by atoms with Crippen molar-refractivity contribution in [2.24, 2.45) is 10.8 Å². The fourth-order valence-corrected chi connectivity index (χ4v) is 5.55. The summed E-state index contributed by atoms with van der Waals surface area (Å²) in [6.07, 6.45) is 2.87. The number of benzene rings is 1. The standard InChI is InChI=1S/C21H29NO5S/c1-4-5-12-27-16-6-8-17(9-7-16)28(25,26)22-11-10-21(15-22)18(23)13-20(2,3)14-19(21)24/h6-9H,4-5,10-15H2,1-3H3. The molecule has 0 radical (unpaired) electrons. The number of Topliss-reactive ketones (excluding diaryl/α,β-unsaturated/α-hetero) is 2. The van der Waals surface area contributed by atoms with Gasteiger partial charge in [0, 0.05) is 25.9 Å². The average Bonchev–Trinajstić information content (AvgIpc) is 3.08. The quantitative estimate of drug-likeness (QED) is 0.534. The zero-order valence-electron chi connectivity index (χ0n) is 16.9. The van der Waals surface area contributed by atoms with Crippen LogP contribution in [0.15, 0.2) is 29.2 Å². The van der Waals surface area contributed by atoms with Crippen molar-refractivity contribution in [3.8, 4) is 5.75 Å². The summed E-state index contributed by atoms with van der Waals surface area (Å²) in [6.45, 7) is 6.63. The Morgan fingerprint density at radius 2 is 1.68 bits per heavy atom. The topological polar surface area (TPSA) is 80.8 Å². The van der Waals surface area contributed by atoms with Gasteiger partial charge in [-0.05, 0) is 42.5 Å². The van der Waals surface area contributed by atoms with Crippen molar-refractivity contribution in [1.29, 1.82) is 0 Å². The highest BCUT2D eigenvalue weighted by Gasteiger charge is 2.56. The van der Waals surface area contributed by atoms with Crippen LogP contribution in [-0.2, 0) is 19.6 Å². The van der Waals surface area contributed by atoms with Crippen LogP contribution in [0.5, 0.6) is 5.75 Å². The van der Waals surface area contributed by atoms with Gasteiger partial charge in [-0.1, -0.05) is 27.2 Å². The van der Waals surface area contributed by atoms with Crippen LogP contribution in [0.2, 0.25) is 0 Å². The minimum atomic E-state index is -3.76. The van der Waals surface area contributed by atoms with Crippen LogP contribution in [0.1, 0.15) is 52.9 Å². The number of ether oxygens (including phenoxy) is 1. The summed E-state index contributed by atoms with van der Waals surface area (Å²) in [5.74, 6) is 0.391. The predicted molar refractivity (Wildman–Crippen MR) is 106 cm³/mol. The molecule has 0 bridgehead atoms. The smallest absolute Gasteiger partial charge is 0.243 e. The molecule has 1 saturated heterocycles. The molecule has 0 amide bonds. The molecule has 1 aromatic carbocycles. The number of carbonyl (C=O) groups excluding carboxylic acids is 2. The van der Waals surface area contributed by atoms with Gasteiger partial charge in [0.2, 0.25) is 10.0 Å². The average molecular weight is 408 g/mol. The van der Waals surface area contributed by atoms with E-state index in [2.05, 4.69) is 6.92 Å². The van der Waals surface area contributed by atoms with Crippen LogP contribution in [0.25, 0.3) is 0 Å². The van der Waals surface area contributed by atoms with Gasteiger partial charge in [-0.25, -0.2) is 8.42 Å². The van der Waals surface area contributed by atoms with E-state index in [-0.39, 0.29) is 41.4 Å². The van der Waals surface area contributed by atoms with Crippen LogP contribution < -0.4 is 4.74 Å². The molecule has 1 aliphatic carbocycles. The van der Waals surface area contributed by atoms with E-state index in [9.17, 15) is 18.0 Å². The Morgan fingerprint density at radius 1 is 1.07 bits per heavy atom. The first-order valence-electron chi connectivity index (χ1n) is 9.90. The second-order valence-corrected chi connectivity index (χ2v) is 10.6. The number of sulfonamides is 1. The van der Waals surface area contributed by atoms with E-state index in [0.29, 0.717) is 25.2 Å². The lowest BCUT2D eigenvalue weighted by Gasteiger charge is -2.38. The number of nitrogens with zero attached hydrogens (tertiary/aromatic N) is 1. The maximum absolute atomic E-state index is 13.0. The zero-order chi connectivity index (χ0) is 20.6. The number of hydrogen-bond acceptors (Lipinski definition) is 5. The normalized spacial score (nSPS) is 22.0. The van der Waals surface area contributed by atoms with Crippen molar-refractivity contribution >= 4 is 21.6 Å². The molecule has 0 N–H and O–H groups in total. The molecule has 2 aliphatic rings. The first-order valence-corrected chi connectivity index (χ1v) is 11.3. The molecule has 6 nitrogen and oxygen atoms in total. The van der Waals surface area contributed by atoms with Crippen molar-refractivity contribution in [3.05, 3.63) is 24.3 Å². The van der Waals surface area contributed by atoms with Gasteiger partial charge in [0.1, 0.15) is 22.7 Å². The maximum atomic E-state index is 13.0. The minimum Gasteiger partial charge on any atom is -0.494 e. The van der Waals surface area contributed by atoms with Crippen molar-refractivity contribution in [1.82, 2.24) is 4.31 Å². The molecule has 1 heterocycles. The van der Waals surface area contributed by atoms with Crippen molar-refractivity contribution in [2.45, 2.75) is 57.8 Å². The van der Waals surface area contributed by atoms with E-state index in [4.69, 9.17) is 4.74 Å². The van der Waals surface area contributed by atoms with E-state index in [1.165, 1.54) is 16.4 Å². The summed E-state index contributed by atoms with van der Waals surface area (Å²) < 4.78 is 32.9. The lowest BCUT2D eigenvalue weighted by atomic mass is 9.63. The molecule has 0 unspecified atom stereocenters. The Morgan fingerprint density at radius 3 is 2.25 bits per heavy atom. The highest BCUT2D eigenvalue weighted by atomic mass is 32.2. The van der Waals surface area contributed by atoms with Gasteiger partial charge in [-0.15, -0.1) is 0 Å². The summed E-state index contributed by atoms with van der Waals surface area (Å²) in [5.41, 5.74) is -1.51. The number of hydrogen-bond donors (Lipinski definition) is 0. The van der Waals surface area contributed by atoms with Gasteiger partial charge in [-0.2, -0.15) is 4.31 Å². The summed E-state index contributed by atoms with van der Waals surface area (Å²) >= 11 is 0. The Labute approximate surface area is 167 Å². The minimum absolute atomic E-state index is 0.0438. The molecule has 3 rings (SSSR count). The molecular weight excluding hydrogens is 378 g/mol. The lowest BCUT2D eigenvalue weighted by molar-refractivity contribution is -0.147. The third-order valence-electron chi connectivity index (χ3n) is 5.81. The molecule has 2 fully saturated rings. The summed E-state index contributed by atoms with van der Waals surface area (Å²) in [6, 6.07) is 6.34. The first kappa shape index (κ1) is 21.0. The largest absolute Gasteiger partial charge is 0.494 e. The van der Waals surface area contributed by atoms with E-state index in [0.717, 1.165) is 12.8 Å². The molecule has 1 aromatic rings. The second-order valence-electron chi connectivity index (χ2n) is 8.71. The van der Waals surface area contributed by atoms with Gasteiger partial charge in [0.25, 0.3) is 0 Å². The van der Waals surface area contributed by atoms with Crippen LogP contribution in [0.3, 0.4) is 0 Å². The van der Waals surface area contributed by atoms with E-state index >= 15 is 0 Å². The zero-order valence-corrected chi connectivity index (χ0v) is 17.7. The van der Waals surface area contributed by atoms with Crippen molar-refractivity contribution in [2.75, 3.05) is 19.7 Å². The Hall–Kier alpha value is -1.73. The van der Waals surface area contributed by atoms with Crippen LogP contribution >= 0.6 is 0 Å². The number of rotatable bonds is 6. The third kappa shape index (κ3) is 3.87. The molecule has 1 saturated carbocycles. The van der Waals surface area contributed by atoms with Gasteiger partial charge in [-0.3, -0.25) is 9.59 Å². The monoisotopic (exact) mass is 407 g/mol. The molecule has 7 heteroatoms. The highest BCUT2D eigenvalue weighted by molar-refractivity contribution is 7.89. The number of carbonyl (C=O) groups is 2. The Bertz CT molecular complexity index is 837.